The minimum absolute atomic E-state index is 0.0655. The molecule has 0 aromatic rings. The summed E-state index contributed by atoms with van der Waals surface area (Å²) in [4.78, 5) is 37.3. The SMILES string of the molecule is CCCCCCCCCCCC(=O)OC[C@H](COC(=O)CCCCCCCCCCCCCCCCCC(C)C)OC(=O)CCCCCCC. The predicted molar refractivity (Wildman–Crippen MR) is 210 cm³/mol. The Hall–Kier alpha value is -1.59. The van der Waals surface area contributed by atoms with Crippen LogP contribution in [-0.4, -0.2) is 37.2 Å². The highest BCUT2D eigenvalue weighted by molar-refractivity contribution is 5.71. The maximum absolute atomic E-state index is 12.5. The van der Waals surface area contributed by atoms with E-state index in [2.05, 4.69) is 27.7 Å². The largest absolute Gasteiger partial charge is 0.462 e. The molecular weight excluding hydrogens is 624 g/mol. The van der Waals surface area contributed by atoms with Crippen LogP contribution in [0.15, 0.2) is 0 Å². The summed E-state index contributed by atoms with van der Waals surface area (Å²) in [5.74, 6) is -0.0248. The van der Waals surface area contributed by atoms with Crippen molar-refractivity contribution < 1.29 is 28.6 Å². The molecular formula is C44H84O6. The Morgan fingerprint density at radius 3 is 0.980 bits per heavy atom. The van der Waals surface area contributed by atoms with Gasteiger partial charge in [0.25, 0.3) is 0 Å². The summed E-state index contributed by atoms with van der Waals surface area (Å²) >= 11 is 0. The number of unbranched alkanes of at least 4 members (excludes halogenated alkanes) is 26. The van der Waals surface area contributed by atoms with E-state index in [1.165, 1.54) is 128 Å². The second-order valence-electron chi connectivity index (χ2n) is 15.5. The van der Waals surface area contributed by atoms with Crippen LogP contribution < -0.4 is 0 Å². The molecule has 50 heavy (non-hydrogen) atoms. The molecule has 6 heteroatoms. The number of rotatable bonds is 39. The summed E-state index contributed by atoms with van der Waals surface area (Å²) in [5.41, 5.74) is 0. The van der Waals surface area contributed by atoms with Crippen molar-refractivity contribution >= 4 is 17.9 Å². The molecule has 0 saturated heterocycles. The molecule has 0 radical (unpaired) electrons. The fraction of sp³-hybridized carbons (Fsp3) is 0.932. The van der Waals surface area contributed by atoms with Crippen LogP contribution in [0.3, 0.4) is 0 Å². The first-order chi connectivity index (χ1) is 24.4. The second kappa shape index (κ2) is 38.6. The summed E-state index contributed by atoms with van der Waals surface area (Å²) in [6.45, 7) is 8.90. The molecule has 0 bridgehead atoms. The molecule has 0 saturated carbocycles. The summed E-state index contributed by atoms with van der Waals surface area (Å²) in [6, 6.07) is 0. The lowest BCUT2D eigenvalue weighted by Crippen LogP contribution is -2.30. The van der Waals surface area contributed by atoms with Crippen molar-refractivity contribution in [3.05, 3.63) is 0 Å². The van der Waals surface area contributed by atoms with Crippen molar-refractivity contribution in [1.82, 2.24) is 0 Å². The monoisotopic (exact) mass is 709 g/mol. The van der Waals surface area contributed by atoms with E-state index >= 15 is 0 Å². The highest BCUT2D eigenvalue weighted by Crippen LogP contribution is 2.16. The number of carbonyl (C=O) groups excluding carboxylic acids is 3. The lowest BCUT2D eigenvalue weighted by Gasteiger charge is -2.18. The third kappa shape index (κ3) is 37.7. The molecule has 0 heterocycles. The van der Waals surface area contributed by atoms with Gasteiger partial charge in [-0.2, -0.15) is 0 Å². The fourth-order valence-corrected chi connectivity index (χ4v) is 6.45. The van der Waals surface area contributed by atoms with Crippen LogP contribution in [0.25, 0.3) is 0 Å². The molecule has 6 nitrogen and oxygen atoms in total. The third-order valence-electron chi connectivity index (χ3n) is 9.79. The Morgan fingerprint density at radius 2 is 0.660 bits per heavy atom. The Labute approximate surface area is 310 Å². The van der Waals surface area contributed by atoms with Crippen molar-refractivity contribution in [2.75, 3.05) is 13.2 Å². The molecule has 0 rings (SSSR count). The van der Waals surface area contributed by atoms with Gasteiger partial charge in [-0.05, 0) is 25.2 Å². The van der Waals surface area contributed by atoms with Crippen molar-refractivity contribution in [1.29, 1.82) is 0 Å². The molecule has 0 aliphatic rings. The van der Waals surface area contributed by atoms with Gasteiger partial charge in [-0.25, -0.2) is 0 Å². The third-order valence-corrected chi connectivity index (χ3v) is 9.79. The molecule has 0 aromatic carbocycles. The van der Waals surface area contributed by atoms with Crippen LogP contribution >= 0.6 is 0 Å². The molecule has 0 aromatic heterocycles. The maximum Gasteiger partial charge on any atom is 0.306 e. The highest BCUT2D eigenvalue weighted by Gasteiger charge is 2.19. The lowest BCUT2D eigenvalue weighted by molar-refractivity contribution is -0.167. The van der Waals surface area contributed by atoms with Gasteiger partial charge in [0.05, 0.1) is 0 Å². The number of carbonyl (C=O) groups is 3. The zero-order valence-electron chi connectivity index (χ0n) is 33.9. The van der Waals surface area contributed by atoms with E-state index in [-0.39, 0.29) is 31.1 Å². The Balaban J connectivity index is 4.08. The smallest absolute Gasteiger partial charge is 0.306 e. The summed E-state index contributed by atoms with van der Waals surface area (Å²) in [6.07, 6.45) is 36.9. The molecule has 0 unspecified atom stereocenters. The average molecular weight is 709 g/mol. The van der Waals surface area contributed by atoms with Crippen molar-refractivity contribution in [3.63, 3.8) is 0 Å². The van der Waals surface area contributed by atoms with Gasteiger partial charge in [0.1, 0.15) is 13.2 Å². The van der Waals surface area contributed by atoms with Gasteiger partial charge in [-0.15, -0.1) is 0 Å². The van der Waals surface area contributed by atoms with E-state index in [9.17, 15) is 14.4 Å². The standard InChI is InChI=1S/C44H84O6/c1-5-7-9-11-12-20-24-28-31-35-42(45)48-38-41(50-44(47)37-33-26-10-8-6-2)39-49-43(46)36-32-29-25-22-19-17-15-13-14-16-18-21-23-27-30-34-40(3)4/h40-41H,5-39H2,1-4H3/t41-/m1/s1. The Kier molecular flexibility index (Phi) is 37.4. The van der Waals surface area contributed by atoms with E-state index in [4.69, 9.17) is 14.2 Å². The van der Waals surface area contributed by atoms with Gasteiger partial charge >= 0.3 is 17.9 Å². The molecule has 0 aliphatic carbocycles. The van der Waals surface area contributed by atoms with Crippen LogP contribution in [0.2, 0.25) is 0 Å². The average Bonchev–Trinajstić information content (AvgIpc) is 3.09. The first kappa shape index (κ1) is 48.4. The minimum Gasteiger partial charge on any atom is -0.462 e. The summed E-state index contributed by atoms with van der Waals surface area (Å²) in [5, 5.41) is 0. The zero-order valence-corrected chi connectivity index (χ0v) is 33.9. The normalized spacial score (nSPS) is 11.9. The Bertz CT molecular complexity index is 751. The quantitative estimate of drug-likeness (QED) is 0.0359. The van der Waals surface area contributed by atoms with E-state index in [0.717, 1.165) is 70.1 Å². The maximum atomic E-state index is 12.5. The molecule has 0 aliphatic heterocycles. The van der Waals surface area contributed by atoms with E-state index < -0.39 is 6.10 Å². The molecule has 296 valence electrons. The number of hydrogen-bond acceptors (Lipinski definition) is 6. The fourth-order valence-electron chi connectivity index (χ4n) is 6.45. The Morgan fingerprint density at radius 1 is 0.380 bits per heavy atom. The topological polar surface area (TPSA) is 78.9 Å². The number of hydrogen-bond donors (Lipinski definition) is 0. The molecule has 0 N–H and O–H groups in total. The van der Waals surface area contributed by atoms with Gasteiger partial charge in [0.15, 0.2) is 6.10 Å². The van der Waals surface area contributed by atoms with Gasteiger partial charge in [0.2, 0.25) is 0 Å². The van der Waals surface area contributed by atoms with Gasteiger partial charge < -0.3 is 14.2 Å². The summed E-state index contributed by atoms with van der Waals surface area (Å²) in [7, 11) is 0. The zero-order chi connectivity index (χ0) is 36.8. The minimum atomic E-state index is -0.756. The first-order valence-corrected chi connectivity index (χ1v) is 21.9. The van der Waals surface area contributed by atoms with Gasteiger partial charge in [0, 0.05) is 19.3 Å². The lowest BCUT2D eigenvalue weighted by atomic mass is 10.0. The van der Waals surface area contributed by atoms with Crippen LogP contribution in [0.5, 0.6) is 0 Å². The number of esters is 3. The van der Waals surface area contributed by atoms with E-state index in [1.54, 1.807) is 0 Å². The van der Waals surface area contributed by atoms with E-state index in [1.807, 2.05) is 0 Å². The van der Waals surface area contributed by atoms with Crippen LogP contribution in [0.1, 0.15) is 240 Å². The predicted octanol–water partition coefficient (Wildman–Crippen LogP) is 13.6. The van der Waals surface area contributed by atoms with Crippen molar-refractivity contribution in [2.45, 2.75) is 246 Å². The second-order valence-corrected chi connectivity index (χ2v) is 15.5. The van der Waals surface area contributed by atoms with Crippen molar-refractivity contribution in [3.8, 4) is 0 Å². The molecule has 1 atom stereocenters. The van der Waals surface area contributed by atoms with E-state index in [0.29, 0.717) is 19.3 Å². The first-order valence-electron chi connectivity index (χ1n) is 21.9. The molecule has 0 amide bonds. The van der Waals surface area contributed by atoms with Crippen LogP contribution in [0.4, 0.5) is 0 Å². The van der Waals surface area contributed by atoms with Gasteiger partial charge in [-0.3, -0.25) is 14.4 Å². The summed E-state index contributed by atoms with van der Waals surface area (Å²) < 4.78 is 16.5. The molecule has 0 spiro atoms. The van der Waals surface area contributed by atoms with Gasteiger partial charge in [-0.1, -0.05) is 201 Å². The molecule has 0 fully saturated rings. The van der Waals surface area contributed by atoms with Crippen molar-refractivity contribution in [2.24, 2.45) is 5.92 Å². The number of ether oxygens (including phenoxy) is 3. The van der Waals surface area contributed by atoms with Crippen LogP contribution in [-0.2, 0) is 28.6 Å². The highest BCUT2D eigenvalue weighted by atomic mass is 16.6. The van der Waals surface area contributed by atoms with Crippen LogP contribution in [0, 0.1) is 5.92 Å².